The Morgan fingerprint density at radius 3 is 2.61 bits per heavy atom. The molecule has 0 atom stereocenters. The molecule has 0 fully saturated rings. The molecule has 0 spiro atoms. The fourth-order valence-electron chi connectivity index (χ4n) is 2.01. The summed E-state index contributed by atoms with van der Waals surface area (Å²) in [6.07, 6.45) is 2.71. The minimum Gasteiger partial charge on any atom is -0.493 e. The smallest absolute Gasteiger partial charge is 0.254 e. The highest BCUT2D eigenvalue weighted by Crippen LogP contribution is 2.30. The standard InChI is InChI=1S/C16H18N2O5/c1-21-13-5-3-4-11(15(13)22-2)8-17-14(19)9-18-16(20)12-6-7-23-10-12/h3-7,10H,8-9H2,1-2H3,(H,17,19)(H,18,20). The second-order valence-corrected chi connectivity index (χ2v) is 4.62. The summed E-state index contributed by atoms with van der Waals surface area (Å²) in [6.45, 7) is 0.136. The van der Waals surface area contributed by atoms with E-state index >= 15 is 0 Å². The van der Waals surface area contributed by atoms with E-state index in [4.69, 9.17) is 13.9 Å². The van der Waals surface area contributed by atoms with Gasteiger partial charge in [-0.25, -0.2) is 0 Å². The zero-order valence-electron chi connectivity index (χ0n) is 12.9. The van der Waals surface area contributed by atoms with E-state index in [0.717, 1.165) is 5.56 Å². The second kappa shape index (κ2) is 7.88. The van der Waals surface area contributed by atoms with E-state index in [-0.39, 0.29) is 24.9 Å². The number of furan rings is 1. The molecule has 1 aromatic carbocycles. The highest BCUT2D eigenvalue weighted by molar-refractivity contribution is 5.96. The van der Waals surface area contributed by atoms with Crippen LogP contribution in [-0.4, -0.2) is 32.6 Å². The number of amides is 2. The van der Waals surface area contributed by atoms with E-state index in [1.165, 1.54) is 25.7 Å². The van der Waals surface area contributed by atoms with Crippen molar-refractivity contribution in [3.05, 3.63) is 47.9 Å². The average Bonchev–Trinajstić information content (AvgIpc) is 3.11. The molecule has 0 aliphatic rings. The number of hydrogen-bond acceptors (Lipinski definition) is 5. The molecule has 0 bridgehead atoms. The molecule has 0 unspecified atom stereocenters. The molecule has 0 aliphatic heterocycles. The number of ether oxygens (including phenoxy) is 2. The molecule has 7 heteroatoms. The van der Waals surface area contributed by atoms with Gasteiger partial charge in [-0.2, -0.15) is 0 Å². The van der Waals surface area contributed by atoms with E-state index in [2.05, 4.69) is 10.6 Å². The van der Waals surface area contributed by atoms with Gasteiger partial charge in [0.05, 0.1) is 32.6 Å². The SMILES string of the molecule is COc1cccc(CNC(=O)CNC(=O)c2ccoc2)c1OC. The van der Waals surface area contributed by atoms with Crippen LogP contribution in [0.1, 0.15) is 15.9 Å². The number of carbonyl (C=O) groups excluding carboxylic acids is 2. The maximum Gasteiger partial charge on any atom is 0.254 e. The molecule has 7 nitrogen and oxygen atoms in total. The highest BCUT2D eigenvalue weighted by atomic mass is 16.5. The molecule has 2 amide bonds. The molecular weight excluding hydrogens is 300 g/mol. The van der Waals surface area contributed by atoms with Crippen LogP contribution in [0.2, 0.25) is 0 Å². The first-order valence-electron chi connectivity index (χ1n) is 6.92. The molecule has 122 valence electrons. The summed E-state index contributed by atoms with van der Waals surface area (Å²) in [6, 6.07) is 6.93. The van der Waals surface area contributed by atoms with E-state index < -0.39 is 0 Å². The summed E-state index contributed by atoms with van der Waals surface area (Å²) in [4.78, 5) is 23.5. The number of hydrogen-bond donors (Lipinski definition) is 2. The summed E-state index contributed by atoms with van der Waals surface area (Å²) >= 11 is 0. The van der Waals surface area contributed by atoms with Crippen molar-refractivity contribution >= 4 is 11.8 Å². The van der Waals surface area contributed by atoms with Gasteiger partial charge >= 0.3 is 0 Å². The Hall–Kier alpha value is -2.96. The van der Waals surface area contributed by atoms with Gasteiger partial charge in [-0.3, -0.25) is 9.59 Å². The lowest BCUT2D eigenvalue weighted by Gasteiger charge is -2.13. The van der Waals surface area contributed by atoms with Crippen LogP contribution in [0.15, 0.2) is 41.2 Å². The van der Waals surface area contributed by atoms with Crippen LogP contribution >= 0.6 is 0 Å². The van der Waals surface area contributed by atoms with Crippen molar-refractivity contribution in [1.29, 1.82) is 0 Å². The molecule has 0 radical (unpaired) electrons. The molecule has 1 aromatic heterocycles. The van der Waals surface area contributed by atoms with Gasteiger partial charge in [0.15, 0.2) is 11.5 Å². The molecule has 23 heavy (non-hydrogen) atoms. The van der Waals surface area contributed by atoms with Crippen molar-refractivity contribution in [2.45, 2.75) is 6.54 Å². The zero-order valence-corrected chi connectivity index (χ0v) is 12.9. The van der Waals surface area contributed by atoms with Crippen molar-refractivity contribution in [2.75, 3.05) is 20.8 Å². The van der Waals surface area contributed by atoms with Crippen molar-refractivity contribution in [3.8, 4) is 11.5 Å². The quantitative estimate of drug-likeness (QED) is 0.804. The van der Waals surface area contributed by atoms with Gasteiger partial charge in [0, 0.05) is 12.1 Å². The maximum atomic E-state index is 11.8. The molecule has 1 heterocycles. The van der Waals surface area contributed by atoms with Crippen LogP contribution in [0, 0.1) is 0 Å². The predicted octanol–water partition coefficient (Wildman–Crippen LogP) is 1.34. The van der Waals surface area contributed by atoms with Gasteiger partial charge < -0.3 is 24.5 Å². The summed E-state index contributed by atoms with van der Waals surface area (Å²) in [5.41, 5.74) is 1.15. The maximum absolute atomic E-state index is 11.8. The first-order chi connectivity index (χ1) is 11.2. The average molecular weight is 318 g/mol. The third-order valence-electron chi connectivity index (χ3n) is 3.15. The monoisotopic (exact) mass is 318 g/mol. The van der Waals surface area contributed by atoms with Crippen LogP contribution in [0.5, 0.6) is 11.5 Å². The van der Waals surface area contributed by atoms with Crippen LogP contribution in [0.4, 0.5) is 0 Å². The van der Waals surface area contributed by atoms with E-state index in [9.17, 15) is 9.59 Å². The number of nitrogens with one attached hydrogen (secondary N) is 2. The molecular formula is C16H18N2O5. The van der Waals surface area contributed by atoms with Gasteiger partial charge in [-0.05, 0) is 12.1 Å². The normalized spacial score (nSPS) is 10.0. The van der Waals surface area contributed by atoms with E-state index in [1.54, 1.807) is 13.2 Å². The Labute approximate surface area is 133 Å². The van der Waals surface area contributed by atoms with Crippen LogP contribution in [0.25, 0.3) is 0 Å². The summed E-state index contributed by atoms with van der Waals surface area (Å²) in [7, 11) is 3.08. The number of para-hydroxylation sites is 1. The molecule has 0 saturated carbocycles. The topological polar surface area (TPSA) is 89.8 Å². The van der Waals surface area contributed by atoms with Gasteiger partial charge in [0.25, 0.3) is 5.91 Å². The highest BCUT2D eigenvalue weighted by Gasteiger charge is 2.12. The van der Waals surface area contributed by atoms with Crippen LogP contribution in [-0.2, 0) is 11.3 Å². The van der Waals surface area contributed by atoms with E-state index in [0.29, 0.717) is 17.1 Å². The fraction of sp³-hybridized carbons (Fsp3) is 0.250. The molecule has 0 saturated heterocycles. The lowest BCUT2D eigenvalue weighted by Crippen LogP contribution is -2.36. The van der Waals surface area contributed by atoms with Crippen molar-refractivity contribution in [2.24, 2.45) is 0 Å². The minimum absolute atomic E-state index is 0.129. The van der Waals surface area contributed by atoms with Crippen LogP contribution in [0.3, 0.4) is 0 Å². The Morgan fingerprint density at radius 2 is 1.96 bits per heavy atom. The minimum atomic E-state index is -0.368. The zero-order chi connectivity index (χ0) is 16.7. The van der Waals surface area contributed by atoms with Crippen LogP contribution < -0.4 is 20.1 Å². The Morgan fingerprint density at radius 1 is 1.13 bits per heavy atom. The predicted molar refractivity (Wildman–Crippen MR) is 82.4 cm³/mol. The van der Waals surface area contributed by atoms with Crippen molar-refractivity contribution < 1.29 is 23.5 Å². The fourth-order valence-corrected chi connectivity index (χ4v) is 2.01. The molecule has 2 N–H and O–H groups in total. The third kappa shape index (κ3) is 4.26. The van der Waals surface area contributed by atoms with Crippen molar-refractivity contribution in [1.82, 2.24) is 10.6 Å². The number of rotatable bonds is 7. The summed E-state index contributed by atoms with van der Waals surface area (Å²) < 4.78 is 15.3. The molecule has 2 rings (SSSR count). The van der Waals surface area contributed by atoms with Gasteiger partial charge in [-0.1, -0.05) is 12.1 Å². The number of carbonyl (C=O) groups is 2. The van der Waals surface area contributed by atoms with Crippen molar-refractivity contribution in [3.63, 3.8) is 0 Å². The molecule has 0 aliphatic carbocycles. The Balaban J connectivity index is 1.86. The Bertz CT molecular complexity index is 667. The van der Waals surface area contributed by atoms with Gasteiger partial charge in [0.2, 0.25) is 5.91 Å². The summed E-state index contributed by atoms with van der Waals surface area (Å²) in [5.74, 6) is 0.477. The first kappa shape index (κ1) is 16.4. The lowest BCUT2D eigenvalue weighted by atomic mass is 10.2. The van der Waals surface area contributed by atoms with Gasteiger partial charge in [-0.15, -0.1) is 0 Å². The molecule has 2 aromatic rings. The second-order valence-electron chi connectivity index (χ2n) is 4.62. The Kier molecular flexibility index (Phi) is 5.62. The number of benzene rings is 1. The van der Waals surface area contributed by atoms with Gasteiger partial charge in [0.1, 0.15) is 6.26 Å². The largest absolute Gasteiger partial charge is 0.493 e. The van der Waals surface area contributed by atoms with E-state index in [1.807, 2.05) is 12.1 Å². The lowest BCUT2D eigenvalue weighted by molar-refractivity contribution is -0.120. The first-order valence-corrected chi connectivity index (χ1v) is 6.92. The third-order valence-corrected chi connectivity index (χ3v) is 3.15. The summed E-state index contributed by atoms with van der Waals surface area (Å²) in [5, 5.41) is 5.22. The number of methoxy groups -OCH3 is 2.